The summed E-state index contributed by atoms with van der Waals surface area (Å²) in [5, 5.41) is 0.658. The maximum absolute atomic E-state index is 12.3. The molecule has 24 heavy (non-hydrogen) atoms. The molecule has 7 heteroatoms. The van der Waals surface area contributed by atoms with Crippen LogP contribution in [0.15, 0.2) is 77.0 Å². The topological polar surface area (TPSA) is 72.8 Å². The van der Waals surface area contributed by atoms with E-state index in [1.807, 2.05) is 0 Å². The molecule has 0 saturated carbocycles. The number of nitrogens with zero attached hydrogens (tertiary/aromatic N) is 3. The smallest absolute Gasteiger partial charge is 0.243 e. The predicted octanol–water partition coefficient (Wildman–Crippen LogP) is 3.74. The Balaban J connectivity index is 1.74. The second-order valence-corrected chi connectivity index (χ2v) is 6.51. The lowest BCUT2D eigenvalue weighted by molar-refractivity contribution is 0.108. The van der Waals surface area contributed by atoms with Crippen LogP contribution in [0.4, 0.5) is 0 Å². The van der Waals surface area contributed by atoms with Gasteiger partial charge in [0.1, 0.15) is 21.4 Å². The van der Waals surface area contributed by atoms with E-state index in [1.165, 1.54) is 0 Å². The third kappa shape index (κ3) is 4.27. The highest BCUT2D eigenvalue weighted by Crippen LogP contribution is 2.22. The molecule has 0 bridgehead atoms. The number of aromatic nitrogens is 3. The molecule has 0 fully saturated rings. The van der Waals surface area contributed by atoms with E-state index in [2.05, 4.69) is 15.0 Å². The van der Waals surface area contributed by atoms with Crippen molar-refractivity contribution in [2.24, 2.45) is 0 Å². The molecule has 3 aromatic heterocycles. The first-order valence-electron chi connectivity index (χ1n) is 6.96. The van der Waals surface area contributed by atoms with Crippen molar-refractivity contribution < 1.29 is 9.59 Å². The molecule has 0 saturated heterocycles. The van der Waals surface area contributed by atoms with E-state index in [9.17, 15) is 9.59 Å². The molecule has 118 valence electrons. The molecule has 0 aromatic carbocycles. The molecule has 3 aromatic rings. The van der Waals surface area contributed by atoms with Gasteiger partial charge in [-0.05, 0) is 59.9 Å². The molecule has 0 unspecified atom stereocenters. The van der Waals surface area contributed by atoms with Gasteiger partial charge in [0.15, 0.2) is 0 Å². The summed E-state index contributed by atoms with van der Waals surface area (Å²) in [5.41, 5.74) is 0.441. The highest BCUT2D eigenvalue weighted by atomic mass is 32.2. The van der Waals surface area contributed by atoms with E-state index in [0.717, 1.165) is 23.5 Å². The van der Waals surface area contributed by atoms with E-state index in [0.29, 0.717) is 10.1 Å². The maximum Gasteiger partial charge on any atom is 0.243 e. The first kappa shape index (κ1) is 16.4. The molecular weight excluding hydrogens is 342 g/mol. The number of carbonyl (C=O) groups excluding carboxylic acids is 2. The average Bonchev–Trinajstić information content (AvgIpc) is 2.63. The monoisotopic (exact) mass is 353 g/mol. The minimum atomic E-state index is -0.258. The van der Waals surface area contributed by atoms with E-state index >= 15 is 0 Å². The van der Waals surface area contributed by atoms with Gasteiger partial charge in [0.25, 0.3) is 0 Å². The van der Waals surface area contributed by atoms with Crippen molar-refractivity contribution in [3.8, 4) is 0 Å². The molecule has 0 atom stereocenters. The molecule has 3 heterocycles. The Bertz CT molecular complexity index is 789. The van der Waals surface area contributed by atoms with Crippen molar-refractivity contribution in [3.05, 3.63) is 78.4 Å². The highest BCUT2D eigenvalue weighted by Gasteiger charge is 2.15. The summed E-state index contributed by atoms with van der Waals surface area (Å²) in [6.45, 7) is 0. The van der Waals surface area contributed by atoms with Crippen LogP contribution in [0.5, 0.6) is 0 Å². The molecule has 3 rings (SSSR count). The Morgan fingerprint density at radius 1 is 0.667 bits per heavy atom. The van der Waals surface area contributed by atoms with Crippen molar-refractivity contribution in [1.82, 2.24) is 15.0 Å². The van der Waals surface area contributed by atoms with Crippen molar-refractivity contribution in [2.45, 2.75) is 10.1 Å². The van der Waals surface area contributed by atoms with Crippen molar-refractivity contribution in [2.75, 3.05) is 0 Å². The Hall–Kier alpha value is -2.51. The van der Waals surface area contributed by atoms with Crippen LogP contribution in [0.3, 0.4) is 0 Å². The summed E-state index contributed by atoms with van der Waals surface area (Å²) >= 11 is 1.96. The number of hydrogen-bond acceptors (Lipinski definition) is 7. The van der Waals surface area contributed by atoms with Gasteiger partial charge in [0.05, 0.1) is 0 Å². The lowest BCUT2D eigenvalue weighted by Crippen LogP contribution is -2.04. The molecular formula is C17H11N3O2S2. The standard InChI is InChI=1S/C17H11N3O2S2/c21-16(23-14-8-1-3-10-18-14)12-6-5-7-13(20-12)17(22)24-15-9-2-4-11-19-15/h1-11H. The third-order valence-corrected chi connectivity index (χ3v) is 4.53. The summed E-state index contributed by atoms with van der Waals surface area (Å²) in [6, 6.07) is 15.5. The molecule has 0 aliphatic rings. The van der Waals surface area contributed by atoms with Crippen LogP contribution in [-0.2, 0) is 0 Å². The highest BCUT2D eigenvalue weighted by molar-refractivity contribution is 8.14. The van der Waals surface area contributed by atoms with Crippen LogP contribution < -0.4 is 0 Å². The van der Waals surface area contributed by atoms with Crippen LogP contribution in [0.1, 0.15) is 21.0 Å². The number of rotatable bonds is 4. The Kier molecular flexibility index (Phi) is 5.35. The van der Waals surface area contributed by atoms with E-state index in [1.54, 1.807) is 67.0 Å². The molecule has 5 nitrogen and oxygen atoms in total. The van der Waals surface area contributed by atoms with Gasteiger partial charge in [0, 0.05) is 12.4 Å². The van der Waals surface area contributed by atoms with Gasteiger partial charge in [-0.25, -0.2) is 15.0 Å². The second-order valence-electron chi connectivity index (χ2n) is 4.52. The van der Waals surface area contributed by atoms with Crippen LogP contribution in [0, 0.1) is 0 Å². The normalized spacial score (nSPS) is 10.3. The predicted molar refractivity (Wildman–Crippen MR) is 93.1 cm³/mol. The number of carbonyl (C=O) groups is 2. The van der Waals surface area contributed by atoms with Gasteiger partial charge in [-0.2, -0.15) is 0 Å². The SMILES string of the molecule is O=C(Sc1ccccn1)c1cccc(C(=O)Sc2ccccn2)n1. The van der Waals surface area contributed by atoms with Crippen LogP contribution in [-0.4, -0.2) is 25.2 Å². The zero-order valence-electron chi connectivity index (χ0n) is 12.3. The first-order chi connectivity index (χ1) is 11.7. The first-order valence-corrected chi connectivity index (χ1v) is 8.59. The molecule has 0 N–H and O–H groups in total. The summed E-state index contributed by atoms with van der Waals surface area (Å²) < 4.78 is 0. The van der Waals surface area contributed by atoms with Gasteiger partial charge >= 0.3 is 0 Å². The van der Waals surface area contributed by atoms with E-state index in [-0.39, 0.29) is 21.6 Å². The van der Waals surface area contributed by atoms with Gasteiger partial charge in [-0.1, -0.05) is 18.2 Å². The number of thioether (sulfide) groups is 2. The minimum Gasteiger partial charge on any atom is -0.279 e. The van der Waals surface area contributed by atoms with Crippen LogP contribution in [0.2, 0.25) is 0 Å². The quantitative estimate of drug-likeness (QED) is 0.662. The summed E-state index contributed by atoms with van der Waals surface area (Å²) in [4.78, 5) is 36.9. The lowest BCUT2D eigenvalue weighted by atomic mass is 10.3. The third-order valence-electron chi connectivity index (χ3n) is 2.84. The maximum atomic E-state index is 12.3. The van der Waals surface area contributed by atoms with Gasteiger partial charge in [0.2, 0.25) is 10.2 Å². The van der Waals surface area contributed by atoms with Gasteiger partial charge in [-0.15, -0.1) is 0 Å². The Labute approximate surface area is 147 Å². The fourth-order valence-corrected chi connectivity index (χ4v) is 3.11. The lowest BCUT2D eigenvalue weighted by Gasteiger charge is -2.03. The van der Waals surface area contributed by atoms with Crippen molar-refractivity contribution in [1.29, 1.82) is 0 Å². The fourth-order valence-electron chi connectivity index (χ4n) is 1.77. The van der Waals surface area contributed by atoms with Crippen LogP contribution in [0.25, 0.3) is 0 Å². The largest absolute Gasteiger partial charge is 0.279 e. The van der Waals surface area contributed by atoms with Gasteiger partial charge < -0.3 is 0 Å². The van der Waals surface area contributed by atoms with Gasteiger partial charge in [-0.3, -0.25) is 9.59 Å². The Morgan fingerprint density at radius 2 is 1.17 bits per heavy atom. The van der Waals surface area contributed by atoms with Crippen LogP contribution >= 0.6 is 23.5 Å². The van der Waals surface area contributed by atoms with E-state index in [4.69, 9.17) is 0 Å². The molecule has 0 amide bonds. The summed E-state index contributed by atoms with van der Waals surface area (Å²) in [6.07, 6.45) is 3.24. The number of pyridine rings is 3. The van der Waals surface area contributed by atoms with E-state index < -0.39 is 0 Å². The molecule has 0 radical (unpaired) electrons. The fraction of sp³-hybridized carbons (Fsp3) is 0. The zero-order valence-corrected chi connectivity index (χ0v) is 14.0. The average molecular weight is 353 g/mol. The second kappa shape index (κ2) is 7.85. The summed E-state index contributed by atoms with van der Waals surface area (Å²) in [5.74, 6) is 0. The molecule has 0 aliphatic heterocycles. The van der Waals surface area contributed by atoms with Crippen molar-refractivity contribution in [3.63, 3.8) is 0 Å². The molecule has 0 spiro atoms. The summed E-state index contributed by atoms with van der Waals surface area (Å²) in [7, 11) is 0. The Morgan fingerprint density at radius 3 is 1.58 bits per heavy atom. The van der Waals surface area contributed by atoms with Crippen molar-refractivity contribution >= 4 is 33.8 Å². The minimum absolute atomic E-state index is 0.220. The molecule has 0 aliphatic carbocycles. The number of hydrogen-bond donors (Lipinski definition) is 0. The zero-order chi connectivity index (χ0) is 16.8.